The molecular formula is C28H34N6O5S. The van der Waals surface area contributed by atoms with E-state index in [0.29, 0.717) is 35.7 Å². The molecule has 3 N–H and O–H groups in total. The number of aromatic amines is 1. The van der Waals surface area contributed by atoms with E-state index in [0.717, 1.165) is 28.4 Å². The van der Waals surface area contributed by atoms with Crippen molar-refractivity contribution in [2.24, 2.45) is 5.73 Å². The highest BCUT2D eigenvalue weighted by Gasteiger charge is 2.34. The Bertz CT molecular complexity index is 1670. The summed E-state index contributed by atoms with van der Waals surface area (Å²) in [5.41, 5.74) is 10.9. The van der Waals surface area contributed by atoms with Crippen LogP contribution in [0.2, 0.25) is 0 Å². The van der Waals surface area contributed by atoms with Crippen molar-refractivity contribution in [2.75, 3.05) is 19.9 Å². The smallest absolute Gasteiger partial charge is 0.265 e. The zero-order valence-corrected chi connectivity index (χ0v) is 23.5. The van der Waals surface area contributed by atoms with Crippen LogP contribution < -0.4 is 10.5 Å². The van der Waals surface area contributed by atoms with Crippen molar-refractivity contribution in [3.05, 3.63) is 42.5 Å². The molecule has 1 unspecified atom stereocenters. The van der Waals surface area contributed by atoms with Crippen LogP contribution in [-0.4, -0.2) is 70.9 Å². The van der Waals surface area contributed by atoms with E-state index in [-0.39, 0.29) is 18.2 Å². The average Bonchev–Trinajstić information content (AvgIpc) is 3.65. The SMILES string of the molecule is CN1C(OS(C)(=O)=O)CC[C@@H]1COc1cc(-c2ccc3c(c2)ncn3C2CCCCC2)c2nc[nH]c2c1C(N)=O. The molecule has 212 valence electrons. The molecule has 0 bridgehead atoms. The lowest BCUT2D eigenvalue weighted by Crippen LogP contribution is -2.38. The summed E-state index contributed by atoms with van der Waals surface area (Å²) < 4.78 is 37.0. The van der Waals surface area contributed by atoms with Crippen LogP contribution in [-0.2, 0) is 14.3 Å². The summed E-state index contributed by atoms with van der Waals surface area (Å²) >= 11 is 0. The zero-order valence-electron chi connectivity index (χ0n) is 22.7. The van der Waals surface area contributed by atoms with Crippen LogP contribution in [0, 0.1) is 0 Å². The van der Waals surface area contributed by atoms with E-state index >= 15 is 0 Å². The maximum atomic E-state index is 12.6. The monoisotopic (exact) mass is 566 g/mol. The van der Waals surface area contributed by atoms with E-state index in [1.807, 2.05) is 23.4 Å². The molecule has 2 aromatic heterocycles. The molecule has 40 heavy (non-hydrogen) atoms. The van der Waals surface area contributed by atoms with Crippen molar-refractivity contribution in [1.29, 1.82) is 0 Å². The van der Waals surface area contributed by atoms with E-state index in [1.165, 1.54) is 32.1 Å². The van der Waals surface area contributed by atoms with Crippen LogP contribution in [0.3, 0.4) is 0 Å². The molecule has 11 nitrogen and oxygen atoms in total. The Morgan fingerprint density at radius 3 is 2.67 bits per heavy atom. The molecule has 1 saturated heterocycles. The van der Waals surface area contributed by atoms with Gasteiger partial charge in [0.05, 0.1) is 41.0 Å². The van der Waals surface area contributed by atoms with Crippen molar-refractivity contribution >= 4 is 38.1 Å². The van der Waals surface area contributed by atoms with Gasteiger partial charge in [-0.05, 0) is 56.5 Å². The van der Waals surface area contributed by atoms with E-state index in [1.54, 1.807) is 13.4 Å². The van der Waals surface area contributed by atoms with Crippen LogP contribution in [0.5, 0.6) is 5.75 Å². The first-order chi connectivity index (χ1) is 19.2. The first-order valence-corrected chi connectivity index (χ1v) is 15.5. The van der Waals surface area contributed by atoms with Crippen molar-refractivity contribution in [3.63, 3.8) is 0 Å². The summed E-state index contributed by atoms with van der Waals surface area (Å²) in [6, 6.07) is 8.38. The number of imidazole rings is 2. The number of aromatic nitrogens is 4. The maximum absolute atomic E-state index is 12.6. The number of hydrogen-bond donors (Lipinski definition) is 2. The second kappa shape index (κ2) is 10.5. The summed E-state index contributed by atoms with van der Waals surface area (Å²) in [6.45, 7) is 0.227. The van der Waals surface area contributed by atoms with Gasteiger partial charge in [-0.25, -0.2) is 9.97 Å². The minimum absolute atomic E-state index is 0.103. The number of nitrogens with zero attached hydrogens (tertiary/aromatic N) is 4. The lowest BCUT2D eigenvalue weighted by molar-refractivity contribution is 0.0526. The molecule has 3 heterocycles. The number of primary amides is 1. The number of hydrogen-bond acceptors (Lipinski definition) is 8. The summed E-state index contributed by atoms with van der Waals surface area (Å²) in [5.74, 6) is -0.288. The highest BCUT2D eigenvalue weighted by molar-refractivity contribution is 7.86. The van der Waals surface area contributed by atoms with Gasteiger partial charge < -0.3 is 20.0 Å². The van der Waals surface area contributed by atoms with E-state index in [4.69, 9.17) is 19.6 Å². The fourth-order valence-electron chi connectivity index (χ4n) is 6.19. The molecule has 2 fully saturated rings. The standard InChI is InChI=1S/C28H34N6O5S/c1-33-19(9-11-24(33)39-40(2,36)37)14-38-23-13-20(26-27(31-15-30-26)25(23)28(29)35)17-8-10-22-21(12-17)32-16-34(22)18-6-4-3-5-7-18/h8,10,12-13,15-16,18-19,24H,3-7,9,11,14H2,1-2H3,(H2,29,35)(H,30,31)/t19-,24?/m1/s1. The van der Waals surface area contributed by atoms with Gasteiger partial charge in [-0.1, -0.05) is 25.3 Å². The number of carbonyl (C=O) groups excluding carboxylic acids is 1. The first-order valence-electron chi connectivity index (χ1n) is 13.7. The molecule has 0 radical (unpaired) electrons. The minimum Gasteiger partial charge on any atom is -0.491 e. The number of ether oxygens (including phenoxy) is 1. The zero-order chi connectivity index (χ0) is 28.0. The van der Waals surface area contributed by atoms with Gasteiger partial charge in [0.25, 0.3) is 16.0 Å². The Balaban J connectivity index is 1.33. The number of rotatable bonds is 8. The number of benzene rings is 2. The van der Waals surface area contributed by atoms with E-state index in [9.17, 15) is 13.2 Å². The van der Waals surface area contributed by atoms with Gasteiger partial charge in [0, 0.05) is 17.6 Å². The topological polar surface area (TPSA) is 145 Å². The summed E-state index contributed by atoms with van der Waals surface area (Å²) in [4.78, 5) is 26.7. The fourth-order valence-corrected chi connectivity index (χ4v) is 6.83. The Labute approximate surface area is 232 Å². The van der Waals surface area contributed by atoms with Crippen LogP contribution in [0.25, 0.3) is 33.2 Å². The molecular weight excluding hydrogens is 532 g/mol. The second-order valence-corrected chi connectivity index (χ2v) is 12.5. The molecule has 0 spiro atoms. The predicted octanol–water partition coefficient (Wildman–Crippen LogP) is 3.96. The van der Waals surface area contributed by atoms with Gasteiger partial charge in [-0.3, -0.25) is 13.9 Å². The number of likely N-dealkylation sites (N-methyl/N-ethyl adjacent to an activating group) is 1. The highest BCUT2D eigenvalue weighted by atomic mass is 32.2. The summed E-state index contributed by atoms with van der Waals surface area (Å²) in [5, 5.41) is 0. The van der Waals surface area contributed by atoms with Crippen LogP contribution in [0.15, 0.2) is 36.9 Å². The third kappa shape index (κ3) is 5.06. The van der Waals surface area contributed by atoms with Crippen molar-refractivity contribution in [2.45, 2.75) is 63.3 Å². The lowest BCUT2D eigenvalue weighted by atomic mass is 9.95. The van der Waals surface area contributed by atoms with Crippen LogP contribution in [0.1, 0.15) is 61.3 Å². The molecule has 2 aliphatic rings. The third-order valence-corrected chi connectivity index (χ3v) is 8.83. The summed E-state index contributed by atoms with van der Waals surface area (Å²) in [6.07, 6.45) is 11.4. The van der Waals surface area contributed by atoms with Gasteiger partial charge >= 0.3 is 0 Å². The molecule has 6 rings (SSSR count). The van der Waals surface area contributed by atoms with Gasteiger partial charge in [0.15, 0.2) is 0 Å². The van der Waals surface area contributed by atoms with Gasteiger partial charge in [-0.2, -0.15) is 8.42 Å². The highest BCUT2D eigenvalue weighted by Crippen LogP contribution is 2.38. The van der Waals surface area contributed by atoms with Crippen molar-refractivity contribution in [1.82, 2.24) is 24.4 Å². The van der Waals surface area contributed by atoms with Crippen LogP contribution in [0.4, 0.5) is 0 Å². The molecule has 4 aromatic rings. The second-order valence-electron chi connectivity index (χ2n) is 10.9. The normalized spacial score (nSPS) is 20.9. The van der Waals surface area contributed by atoms with Crippen molar-refractivity contribution < 1.29 is 22.1 Å². The Morgan fingerprint density at radius 2 is 1.93 bits per heavy atom. The third-order valence-electron chi connectivity index (χ3n) is 8.26. The minimum atomic E-state index is -3.59. The van der Waals surface area contributed by atoms with E-state index < -0.39 is 22.3 Å². The number of fused-ring (bicyclic) bond motifs is 2. The molecule has 2 aromatic carbocycles. The molecule has 1 aliphatic heterocycles. The van der Waals surface area contributed by atoms with Gasteiger partial charge in [0.1, 0.15) is 24.1 Å². The number of H-pyrrole nitrogens is 1. The van der Waals surface area contributed by atoms with Gasteiger partial charge in [-0.15, -0.1) is 0 Å². The van der Waals surface area contributed by atoms with Crippen LogP contribution >= 0.6 is 0 Å². The molecule has 2 atom stereocenters. The number of likely N-dealkylation sites (tertiary alicyclic amines) is 1. The molecule has 1 amide bonds. The average molecular weight is 567 g/mol. The Morgan fingerprint density at radius 1 is 1.12 bits per heavy atom. The molecule has 1 aliphatic carbocycles. The quantitative estimate of drug-likeness (QED) is 0.305. The van der Waals surface area contributed by atoms with Crippen molar-refractivity contribution in [3.8, 4) is 16.9 Å². The molecule has 1 saturated carbocycles. The predicted molar refractivity (Wildman–Crippen MR) is 151 cm³/mol. The first kappa shape index (κ1) is 26.7. The fraction of sp³-hybridized carbons (Fsp3) is 0.464. The van der Waals surface area contributed by atoms with E-state index in [2.05, 4.69) is 26.7 Å². The maximum Gasteiger partial charge on any atom is 0.265 e. The largest absolute Gasteiger partial charge is 0.491 e. The number of nitrogens with one attached hydrogen (secondary N) is 1. The Hall–Kier alpha value is -3.48. The number of nitrogens with two attached hydrogens (primary N) is 1. The Kier molecular flexibility index (Phi) is 7.01. The lowest BCUT2D eigenvalue weighted by Gasteiger charge is -2.25. The number of carbonyl (C=O) groups is 1. The summed E-state index contributed by atoms with van der Waals surface area (Å²) in [7, 11) is -1.78. The molecule has 12 heteroatoms. The number of amides is 1. The van der Waals surface area contributed by atoms with Gasteiger partial charge in [0.2, 0.25) is 0 Å².